The predicted octanol–water partition coefficient (Wildman–Crippen LogP) is 1.50. The van der Waals surface area contributed by atoms with Crippen molar-refractivity contribution in [2.75, 3.05) is 13.2 Å². The molecule has 0 saturated carbocycles. The monoisotopic (exact) mass is 225 g/mol. The van der Waals surface area contributed by atoms with Crippen molar-refractivity contribution in [1.29, 1.82) is 0 Å². The van der Waals surface area contributed by atoms with Crippen LogP contribution in [0.25, 0.3) is 0 Å². The quantitative estimate of drug-likeness (QED) is 0.765. The lowest BCUT2D eigenvalue weighted by Crippen LogP contribution is -2.40. The summed E-state index contributed by atoms with van der Waals surface area (Å²) in [5, 5.41) is 0. The van der Waals surface area contributed by atoms with E-state index < -0.39 is 0 Å². The number of aryl methyl sites for hydroxylation is 1. The van der Waals surface area contributed by atoms with E-state index in [0.29, 0.717) is 13.2 Å². The van der Waals surface area contributed by atoms with Crippen LogP contribution >= 0.6 is 0 Å². The molecule has 92 valence electrons. The maximum atomic E-state index is 5.93. The van der Waals surface area contributed by atoms with Crippen LogP contribution in [0.3, 0.4) is 0 Å². The van der Waals surface area contributed by atoms with Crippen molar-refractivity contribution in [1.82, 2.24) is 9.55 Å². The van der Waals surface area contributed by atoms with E-state index in [1.165, 1.54) is 0 Å². The van der Waals surface area contributed by atoms with E-state index >= 15 is 0 Å². The van der Waals surface area contributed by atoms with E-state index in [-0.39, 0.29) is 5.60 Å². The summed E-state index contributed by atoms with van der Waals surface area (Å²) in [4.78, 5) is 4.26. The Labute approximate surface area is 97.8 Å². The Morgan fingerprint density at radius 1 is 1.44 bits per heavy atom. The molecule has 0 radical (unpaired) electrons. The highest BCUT2D eigenvalue weighted by Gasteiger charge is 2.24. The third-order valence-corrected chi connectivity index (χ3v) is 3.32. The van der Waals surface area contributed by atoms with Gasteiger partial charge in [0.15, 0.2) is 0 Å². The maximum Gasteiger partial charge on any atom is 0.110 e. The largest absolute Gasteiger partial charge is 0.373 e. The molecule has 16 heavy (non-hydrogen) atoms. The number of aromatic nitrogens is 2. The molecule has 0 atom stereocenters. The van der Waals surface area contributed by atoms with Gasteiger partial charge in [-0.15, -0.1) is 0 Å². The van der Waals surface area contributed by atoms with E-state index in [1.54, 1.807) is 0 Å². The Morgan fingerprint density at radius 3 is 2.56 bits per heavy atom. The average Bonchev–Trinajstić information content (AvgIpc) is 2.71. The lowest BCUT2D eigenvalue weighted by molar-refractivity contribution is -0.0434. The fourth-order valence-corrected chi connectivity index (χ4v) is 1.80. The van der Waals surface area contributed by atoms with Crippen LogP contribution in [0.2, 0.25) is 0 Å². The van der Waals surface area contributed by atoms with Gasteiger partial charge in [0, 0.05) is 32.4 Å². The van der Waals surface area contributed by atoms with Crippen molar-refractivity contribution in [2.45, 2.75) is 38.7 Å². The summed E-state index contributed by atoms with van der Waals surface area (Å²) < 4.78 is 7.95. The van der Waals surface area contributed by atoms with Gasteiger partial charge in [-0.3, -0.25) is 0 Å². The standard InChI is InChI=1S/C12H23N3O/c1-4-12(5-2,10-13)16-9-6-11-14-7-8-15(11)3/h7-8H,4-6,9-10,13H2,1-3H3. The van der Waals surface area contributed by atoms with Crippen LogP contribution in [0.15, 0.2) is 12.4 Å². The number of ether oxygens (including phenoxy) is 1. The molecule has 0 aliphatic carbocycles. The number of hydrogen-bond acceptors (Lipinski definition) is 3. The number of nitrogens with zero attached hydrogens (tertiary/aromatic N) is 2. The van der Waals surface area contributed by atoms with Crippen molar-refractivity contribution >= 4 is 0 Å². The van der Waals surface area contributed by atoms with Gasteiger partial charge in [0.2, 0.25) is 0 Å². The van der Waals surface area contributed by atoms with E-state index in [2.05, 4.69) is 18.8 Å². The van der Waals surface area contributed by atoms with Crippen molar-refractivity contribution < 1.29 is 4.74 Å². The molecule has 0 spiro atoms. The Hall–Kier alpha value is -0.870. The van der Waals surface area contributed by atoms with Crippen LogP contribution in [-0.4, -0.2) is 28.3 Å². The molecule has 4 heteroatoms. The summed E-state index contributed by atoms with van der Waals surface area (Å²) in [5.41, 5.74) is 5.62. The summed E-state index contributed by atoms with van der Waals surface area (Å²) in [5.74, 6) is 1.05. The highest BCUT2D eigenvalue weighted by molar-refractivity contribution is 4.91. The van der Waals surface area contributed by atoms with E-state index in [4.69, 9.17) is 10.5 Å². The first-order valence-corrected chi connectivity index (χ1v) is 5.97. The summed E-state index contributed by atoms with van der Waals surface area (Å²) in [6, 6.07) is 0. The maximum absolute atomic E-state index is 5.93. The van der Waals surface area contributed by atoms with Crippen LogP contribution in [0.1, 0.15) is 32.5 Å². The molecule has 0 bridgehead atoms. The molecular formula is C12H23N3O. The van der Waals surface area contributed by atoms with E-state index in [1.807, 2.05) is 24.0 Å². The zero-order chi connectivity index (χ0) is 12.0. The van der Waals surface area contributed by atoms with Gasteiger partial charge in [0.1, 0.15) is 5.82 Å². The van der Waals surface area contributed by atoms with Gasteiger partial charge >= 0.3 is 0 Å². The van der Waals surface area contributed by atoms with Crippen molar-refractivity contribution in [3.05, 3.63) is 18.2 Å². The summed E-state index contributed by atoms with van der Waals surface area (Å²) >= 11 is 0. The minimum absolute atomic E-state index is 0.148. The molecule has 0 amide bonds. The molecule has 0 aliphatic rings. The Balaban J connectivity index is 2.42. The van der Waals surface area contributed by atoms with Crippen molar-refractivity contribution in [2.24, 2.45) is 12.8 Å². The number of imidazole rings is 1. The second kappa shape index (κ2) is 6.01. The lowest BCUT2D eigenvalue weighted by atomic mass is 9.97. The second-order valence-electron chi connectivity index (χ2n) is 4.15. The van der Waals surface area contributed by atoms with Gasteiger partial charge in [-0.2, -0.15) is 0 Å². The molecule has 0 saturated heterocycles. The zero-order valence-corrected chi connectivity index (χ0v) is 10.6. The normalized spacial score (nSPS) is 12.0. The first-order valence-electron chi connectivity index (χ1n) is 5.97. The topological polar surface area (TPSA) is 53.1 Å². The van der Waals surface area contributed by atoms with Crippen LogP contribution < -0.4 is 5.73 Å². The fourth-order valence-electron chi connectivity index (χ4n) is 1.80. The van der Waals surface area contributed by atoms with Crippen molar-refractivity contribution in [3.63, 3.8) is 0 Å². The Bertz CT molecular complexity index is 297. The minimum Gasteiger partial charge on any atom is -0.373 e. The number of nitrogens with two attached hydrogens (primary N) is 1. The van der Waals surface area contributed by atoms with E-state index in [0.717, 1.165) is 25.1 Å². The van der Waals surface area contributed by atoms with Gasteiger partial charge < -0.3 is 15.0 Å². The molecule has 2 N–H and O–H groups in total. The molecule has 0 aliphatic heterocycles. The number of hydrogen-bond donors (Lipinski definition) is 1. The molecule has 4 nitrogen and oxygen atoms in total. The molecule has 0 fully saturated rings. The molecule has 0 unspecified atom stereocenters. The van der Waals surface area contributed by atoms with Crippen LogP contribution in [0.4, 0.5) is 0 Å². The van der Waals surface area contributed by atoms with E-state index in [9.17, 15) is 0 Å². The summed E-state index contributed by atoms with van der Waals surface area (Å²) in [6.45, 7) is 5.51. The molecule has 1 heterocycles. The van der Waals surface area contributed by atoms with Crippen molar-refractivity contribution in [3.8, 4) is 0 Å². The van der Waals surface area contributed by atoms with Gasteiger partial charge in [-0.1, -0.05) is 13.8 Å². The fraction of sp³-hybridized carbons (Fsp3) is 0.750. The second-order valence-corrected chi connectivity index (χ2v) is 4.15. The van der Waals surface area contributed by atoms with Crippen LogP contribution in [0.5, 0.6) is 0 Å². The molecule has 1 rings (SSSR count). The predicted molar refractivity (Wildman–Crippen MR) is 65.2 cm³/mol. The third-order valence-electron chi connectivity index (χ3n) is 3.32. The average molecular weight is 225 g/mol. The van der Waals surface area contributed by atoms with Crippen LogP contribution in [0, 0.1) is 0 Å². The third kappa shape index (κ3) is 3.06. The Kier molecular flexibility index (Phi) is 4.96. The van der Waals surface area contributed by atoms with Gasteiger partial charge in [0.05, 0.1) is 12.2 Å². The Morgan fingerprint density at radius 2 is 2.12 bits per heavy atom. The SMILES string of the molecule is CCC(CC)(CN)OCCc1nccn1C. The smallest absolute Gasteiger partial charge is 0.110 e. The van der Waals surface area contributed by atoms with Gasteiger partial charge in [0.25, 0.3) is 0 Å². The molecule has 1 aromatic rings. The zero-order valence-electron chi connectivity index (χ0n) is 10.6. The molecule has 0 aromatic carbocycles. The minimum atomic E-state index is -0.148. The molecule has 1 aromatic heterocycles. The summed E-state index contributed by atoms with van der Waals surface area (Å²) in [6.07, 6.45) is 6.52. The van der Waals surface area contributed by atoms with Gasteiger partial charge in [-0.25, -0.2) is 4.98 Å². The summed E-state index contributed by atoms with van der Waals surface area (Å²) in [7, 11) is 2.00. The first-order chi connectivity index (χ1) is 7.67. The highest BCUT2D eigenvalue weighted by Crippen LogP contribution is 2.19. The highest BCUT2D eigenvalue weighted by atomic mass is 16.5. The number of rotatable bonds is 7. The van der Waals surface area contributed by atoms with Crippen LogP contribution in [-0.2, 0) is 18.2 Å². The van der Waals surface area contributed by atoms with Gasteiger partial charge in [-0.05, 0) is 12.8 Å². The first kappa shape index (κ1) is 13.2. The molecular weight excluding hydrogens is 202 g/mol. The lowest BCUT2D eigenvalue weighted by Gasteiger charge is -2.30.